The normalized spacial score (nSPS) is 10.6. The molecule has 0 saturated carbocycles. The van der Waals surface area contributed by atoms with Gasteiger partial charge in [-0.25, -0.2) is 0 Å². The number of nitrogens with two attached hydrogens (primary N) is 1. The maximum atomic E-state index is 6.09. The minimum absolute atomic E-state index is 0.371. The van der Waals surface area contributed by atoms with Crippen molar-refractivity contribution in [2.75, 3.05) is 0 Å². The molecule has 0 saturated heterocycles. The monoisotopic (exact) mass is 258 g/mol. The molecule has 0 atom stereocenters. The molecule has 0 spiro atoms. The van der Waals surface area contributed by atoms with Crippen LogP contribution in [-0.2, 0) is 6.54 Å². The summed E-state index contributed by atoms with van der Waals surface area (Å²) in [5.74, 6) is 0. The van der Waals surface area contributed by atoms with Crippen molar-refractivity contribution in [3.8, 4) is 10.4 Å². The van der Waals surface area contributed by atoms with Gasteiger partial charge in [0.15, 0.2) is 0 Å². The van der Waals surface area contributed by atoms with Crippen molar-refractivity contribution in [1.82, 2.24) is 4.37 Å². The van der Waals surface area contributed by atoms with Crippen LogP contribution in [0.1, 0.15) is 5.56 Å². The fourth-order valence-corrected chi connectivity index (χ4v) is 2.79. The van der Waals surface area contributed by atoms with E-state index in [2.05, 4.69) is 4.37 Å². The first-order valence-corrected chi connectivity index (χ1v) is 5.86. The molecular weight excluding hydrogens is 251 g/mol. The van der Waals surface area contributed by atoms with Crippen LogP contribution < -0.4 is 5.73 Å². The van der Waals surface area contributed by atoms with E-state index in [4.69, 9.17) is 28.9 Å². The zero-order valence-electron chi connectivity index (χ0n) is 7.71. The van der Waals surface area contributed by atoms with E-state index in [9.17, 15) is 0 Å². The second-order valence-electron chi connectivity index (χ2n) is 2.97. The van der Waals surface area contributed by atoms with Gasteiger partial charge in [-0.05, 0) is 17.6 Å². The molecule has 0 aliphatic rings. The average molecular weight is 259 g/mol. The van der Waals surface area contributed by atoms with E-state index in [1.54, 1.807) is 0 Å². The second-order valence-corrected chi connectivity index (χ2v) is 4.50. The van der Waals surface area contributed by atoms with Gasteiger partial charge in [0, 0.05) is 22.7 Å². The largest absolute Gasteiger partial charge is 0.326 e. The Kier molecular flexibility index (Phi) is 3.26. The molecule has 0 unspecified atom stereocenters. The lowest BCUT2D eigenvalue weighted by Crippen LogP contribution is -1.97. The summed E-state index contributed by atoms with van der Waals surface area (Å²) in [6.45, 7) is 0.371. The summed E-state index contributed by atoms with van der Waals surface area (Å²) in [5.41, 5.74) is 7.41. The maximum absolute atomic E-state index is 6.09. The van der Waals surface area contributed by atoms with Crippen molar-refractivity contribution in [3.05, 3.63) is 40.0 Å². The highest BCUT2D eigenvalue weighted by atomic mass is 35.5. The fourth-order valence-electron chi connectivity index (χ4n) is 1.32. The molecule has 0 radical (unpaired) electrons. The van der Waals surface area contributed by atoms with Crippen LogP contribution in [0.2, 0.25) is 10.2 Å². The summed E-state index contributed by atoms with van der Waals surface area (Å²) in [6, 6.07) is 7.59. The first kappa shape index (κ1) is 10.9. The maximum Gasteiger partial charge on any atom is 0.147 e. The number of rotatable bonds is 2. The highest BCUT2D eigenvalue weighted by molar-refractivity contribution is 7.10. The van der Waals surface area contributed by atoms with Crippen LogP contribution in [0.5, 0.6) is 0 Å². The zero-order valence-corrected chi connectivity index (χ0v) is 10.0. The van der Waals surface area contributed by atoms with E-state index in [1.807, 2.05) is 24.3 Å². The molecule has 0 fully saturated rings. The first-order valence-electron chi connectivity index (χ1n) is 4.33. The van der Waals surface area contributed by atoms with Crippen molar-refractivity contribution in [3.63, 3.8) is 0 Å². The van der Waals surface area contributed by atoms with Crippen LogP contribution in [0.3, 0.4) is 0 Å². The summed E-state index contributed by atoms with van der Waals surface area (Å²) in [5, 5.41) is 1.16. The molecule has 2 N–H and O–H groups in total. The predicted octanol–water partition coefficient (Wildman–Crippen LogP) is 3.58. The summed E-state index contributed by atoms with van der Waals surface area (Å²) in [7, 11) is 0. The van der Waals surface area contributed by atoms with Gasteiger partial charge in [0.25, 0.3) is 0 Å². The number of aromatic nitrogens is 1. The molecule has 1 aromatic heterocycles. The predicted molar refractivity (Wildman–Crippen MR) is 65.5 cm³/mol. The highest BCUT2D eigenvalue weighted by Crippen LogP contribution is 2.36. The Morgan fingerprint density at radius 1 is 1.27 bits per heavy atom. The quantitative estimate of drug-likeness (QED) is 0.895. The van der Waals surface area contributed by atoms with Crippen LogP contribution in [0, 0.1) is 0 Å². The average Bonchev–Trinajstić information content (AvgIpc) is 2.60. The van der Waals surface area contributed by atoms with Gasteiger partial charge in [-0.2, -0.15) is 4.37 Å². The smallest absolute Gasteiger partial charge is 0.147 e. The molecule has 0 aliphatic carbocycles. The third-order valence-electron chi connectivity index (χ3n) is 2.06. The Morgan fingerprint density at radius 2 is 2.00 bits per heavy atom. The third-order valence-corrected chi connectivity index (χ3v) is 3.73. The first-order chi connectivity index (χ1) is 7.24. The van der Waals surface area contributed by atoms with Crippen molar-refractivity contribution >= 4 is 34.7 Å². The Bertz CT molecular complexity index is 482. The highest BCUT2D eigenvalue weighted by Gasteiger charge is 2.14. The number of benzene rings is 1. The summed E-state index contributed by atoms with van der Waals surface area (Å²) in [6.07, 6.45) is 0. The standard InChI is InChI=1S/C10H8Cl2N2S/c11-8-4-2-1-3-6(8)9-7(5-13)10(12)14-15-9/h1-4H,5,13H2. The molecule has 1 heterocycles. The van der Waals surface area contributed by atoms with Crippen molar-refractivity contribution in [2.24, 2.45) is 5.73 Å². The molecule has 2 rings (SSSR count). The summed E-state index contributed by atoms with van der Waals surface area (Å²) < 4.78 is 4.07. The van der Waals surface area contributed by atoms with Gasteiger partial charge < -0.3 is 5.73 Å². The van der Waals surface area contributed by atoms with E-state index < -0.39 is 0 Å². The number of hydrogen-bond acceptors (Lipinski definition) is 3. The summed E-state index contributed by atoms with van der Waals surface area (Å²) >= 11 is 13.3. The Labute approximate surface area is 102 Å². The lowest BCUT2D eigenvalue weighted by molar-refractivity contribution is 1.08. The van der Waals surface area contributed by atoms with Crippen molar-refractivity contribution in [1.29, 1.82) is 0 Å². The van der Waals surface area contributed by atoms with Gasteiger partial charge in [-0.3, -0.25) is 0 Å². The van der Waals surface area contributed by atoms with Gasteiger partial charge in [0.2, 0.25) is 0 Å². The van der Waals surface area contributed by atoms with Gasteiger partial charge in [-0.1, -0.05) is 41.4 Å². The Balaban J connectivity index is 2.59. The molecule has 5 heteroatoms. The summed E-state index contributed by atoms with van der Waals surface area (Å²) in [4.78, 5) is 0.952. The van der Waals surface area contributed by atoms with Gasteiger partial charge in [0.1, 0.15) is 5.15 Å². The molecule has 0 aliphatic heterocycles. The van der Waals surface area contributed by atoms with E-state index in [0.717, 1.165) is 16.0 Å². The lowest BCUT2D eigenvalue weighted by Gasteiger charge is -2.02. The number of hydrogen-bond donors (Lipinski definition) is 1. The molecular formula is C10H8Cl2N2S. The van der Waals surface area contributed by atoms with E-state index in [0.29, 0.717) is 16.7 Å². The van der Waals surface area contributed by atoms with Crippen LogP contribution in [0.25, 0.3) is 10.4 Å². The molecule has 2 aromatic rings. The van der Waals surface area contributed by atoms with Crippen molar-refractivity contribution < 1.29 is 0 Å². The molecule has 1 aromatic carbocycles. The molecule has 78 valence electrons. The second kappa shape index (κ2) is 4.49. The van der Waals surface area contributed by atoms with Crippen LogP contribution in [0.4, 0.5) is 0 Å². The van der Waals surface area contributed by atoms with Gasteiger partial charge in [0.05, 0.1) is 4.88 Å². The fraction of sp³-hybridized carbons (Fsp3) is 0.100. The van der Waals surface area contributed by atoms with Crippen molar-refractivity contribution in [2.45, 2.75) is 6.54 Å². The van der Waals surface area contributed by atoms with Gasteiger partial charge in [-0.15, -0.1) is 0 Å². The van der Waals surface area contributed by atoms with Crippen LogP contribution >= 0.6 is 34.7 Å². The van der Waals surface area contributed by atoms with Crippen LogP contribution in [-0.4, -0.2) is 4.37 Å². The lowest BCUT2D eigenvalue weighted by atomic mass is 10.1. The number of nitrogens with zero attached hydrogens (tertiary/aromatic N) is 1. The van der Waals surface area contributed by atoms with E-state index in [1.165, 1.54) is 11.5 Å². The number of halogens is 2. The van der Waals surface area contributed by atoms with Gasteiger partial charge >= 0.3 is 0 Å². The third kappa shape index (κ3) is 2.01. The SMILES string of the molecule is NCc1c(Cl)nsc1-c1ccccc1Cl. The minimum Gasteiger partial charge on any atom is -0.326 e. The molecule has 0 amide bonds. The molecule has 2 nitrogen and oxygen atoms in total. The Hall–Kier alpha value is -0.610. The van der Waals surface area contributed by atoms with Crippen LogP contribution in [0.15, 0.2) is 24.3 Å². The minimum atomic E-state index is 0.371. The molecule has 15 heavy (non-hydrogen) atoms. The zero-order chi connectivity index (χ0) is 10.8. The molecule has 0 bridgehead atoms. The Morgan fingerprint density at radius 3 is 2.67 bits per heavy atom. The topological polar surface area (TPSA) is 38.9 Å². The van der Waals surface area contributed by atoms with E-state index >= 15 is 0 Å². The van der Waals surface area contributed by atoms with E-state index in [-0.39, 0.29) is 0 Å².